The third kappa shape index (κ3) is 2.09. The fourth-order valence-corrected chi connectivity index (χ4v) is 2.20. The lowest BCUT2D eigenvalue weighted by molar-refractivity contribution is 0.933. The molecule has 0 fully saturated rings. The fraction of sp³-hybridized carbons (Fsp3) is 0.143. The molecular weight excluding hydrogens is 246 g/mol. The van der Waals surface area contributed by atoms with Crippen LogP contribution in [0.25, 0.3) is 5.65 Å². The van der Waals surface area contributed by atoms with Crippen molar-refractivity contribution in [3.8, 4) is 0 Å². The summed E-state index contributed by atoms with van der Waals surface area (Å²) in [6.45, 7) is 2.09. The minimum Gasteiger partial charge on any atom is -0.285 e. The van der Waals surface area contributed by atoms with E-state index in [1.165, 1.54) is 11.1 Å². The number of nitrogens with zero attached hydrogens (tertiary/aromatic N) is 3. The van der Waals surface area contributed by atoms with Crippen LogP contribution in [-0.2, 0) is 6.42 Å². The van der Waals surface area contributed by atoms with Gasteiger partial charge in [0.1, 0.15) is 5.82 Å². The summed E-state index contributed by atoms with van der Waals surface area (Å²) in [6, 6.07) is 12.1. The predicted octanol–water partition coefficient (Wildman–Crippen LogP) is 3.28. The van der Waals surface area contributed by atoms with Crippen molar-refractivity contribution >= 4 is 17.2 Å². The smallest absolute Gasteiger partial charge is 0.160 e. The zero-order valence-electron chi connectivity index (χ0n) is 9.97. The van der Waals surface area contributed by atoms with Crippen molar-refractivity contribution in [1.29, 1.82) is 0 Å². The van der Waals surface area contributed by atoms with Crippen LogP contribution in [0.5, 0.6) is 0 Å². The van der Waals surface area contributed by atoms with Crippen LogP contribution in [0.3, 0.4) is 0 Å². The van der Waals surface area contributed by atoms with Crippen LogP contribution in [0.15, 0.2) is 42.6 Å². The lowest BCUT2D eigenvalue weighted by Gasteiger charge is -2.02. The van der Waals surface area contributed by atoms with Gasteiger partial charge in [0.15, 0.2) is 5.65 Å². The Morgan fingerprint density at radius 2 is 2.06 bits per heavy atom. The molecule has 0 aliphatic heterocycles. The molecule has 3 aromatic rings. The lowest BCUT2D eigenvalue weighted by atomic mass is 10.1. The van der Waals surface area contributed by atoms with Gasteiger partial charge >= 0.3 is 0 Å². The molecule has 3 nitrogen and oxygen atoms in total. The van der Waals surface area contributed by atoms with Crippen molar-refractivity contribution in [1.82, 2.24) is 14.6 Å². The number of pyridine rings is 1. The van der Waals surface area contributed by atoms with E-state index in [1.54, 1.807) is 0 Å². The van der Waals surface area contributed by atoms with Crippen LogP contribution in [0.4, 0.5) is 0 Å². The summed E-state index contributed by atoms with van der Waals surface area (Å²) in [5, 5.41) is 9.04. The lowest BCUT2D eigenvalue weighted by Crippen LogP contribution is -1.96. The van der Waals surface area contributed by atoms with E-state index in [9.17, 15) is 0 Å². The van der Waals surface area contributed by atoms with Gasteiger partial charge in [-0.2, -0.15) is 0 Å². The second-order valence-corrected chi connectivity index (χ2v) is 4.79. The normalized spacial score (nSPS) is 11.0. The number of fused-ring (bicyclic) bond motifs is 1. The molecule has 0 radical (unpaired) electrons. The number of halogens is 1. The van der Waals surface area contributed by atoms with E-state index in [-0.39, 0.29) is 0 Å². The van der Waals surface area contributed by atoms with Gasteiger partial charge in [0.05, 0.1) is 5.02 Å². The highest BCUT2D eigenvalue weighted by Crippen LogP contribution is 2.14. The van der Waals surface area contributed by atoms with Crippen molar-refractivity contribution in [2.45, 2.75) is 13.3 Å². The van der Waals surface area contributed by atoms with Crippen molar-refractivity contribution in [3.63, 3.8) is 0 Å². The molecule has 1 aromatic carbocycles. The summed E-state index contributed by atoms with van der Waals surface area (Å²) in [5.41, 5.74) is 3.30. The van der Waals surface area contributed by atoms with E-state index in [0.29, 0.717) is 5.02 Å². The Hall–Kier alpha value is -1.87. The van der Waals surface area contributed by atoms with E-state index >= 15 is 0 Å². The monoisotopic (exact) mass is 257 g/mol. The molecule has 0 N–H and O–H groups in total. The Morgan fingerprint density at radius 1 is 1.17 bits per heavy atom. The first-order chi connectivity index (χ1) is 8.72. The van der Waals surface area contributed by atoms with Gasteiger partial charge in [0.2, 0.25) is 0 Å². The first kappa shape index (κ1) is 11.2. The van der Waals surface area contributed by atoms with Crippen LogP contribution < -0.4 is 0 Å². The maximum Gasteiger partial charge on any atom is 0.160 e. The summed E-state index contributed by atoms with van der Waals surface area (Å²) >= 11 is 6.00. The van der Waals surface area contributed by atoms with Gasteiger partial charge in [-0.25, -0.2) is 0 Å². The second-order valence-electron chi connectivity index (χ2n) is 4.36. The van der Waals surface area contributed by atoms with Crippen molar-refractivity contribution in [3.05, 3.63) is 64.6 Å². The number of aryl methyl sites for hydroxylation is 1. The summed E-state index contributed by atoms with van der Waals surface area (Å²) in [6.07, 6.45) is 2.60. The van der Waals surface area contributed by atoms with E-state index < -0.39 is 0 Å². The first-order valence-corrected chi connectivity index (χ1v) is 6.15. The zero-order valence-corrected chi connectivity index (χ0v) is 10.7. The summed E-state index contributed by atoms with van der Waals surface area (Å²) in [4.78, 5) is 0. The van der Waals surface area contributed by atoms with Gasteiger partial charge in [0.25, 0.3) is 0 Å². The zero-order chi connectivity index (χ0) is 12.5. The summed E-state index contributed by atoms with van der Waals surface area (Å²) in [7, 11) is 0. The Bertz CT molecular complexity index is 703. The van der Waals surface area contributed by atoms with Gasteiger partial charge in [-0.05, 0) is 24.6 Å². The molecule has 18 heavy (non-hydrogen) atoms. The maximum atomic E-state index is 6.00. The molecule has 0 aliphatic carbocycles. The molecule has 0 spiro atoms. The highest BCUT2D eigenvalue weighted by atomic mass is 35.5. The number of rotatable bonds is 2. The Labute approximate surface area is 110 Å². The van der Waals surface area contributed by atoms with Crippen molar-refractivity contribution in [2.75, 3.05) is 0 Å². The van der Waals surface area contributed by atoms with E-state index in [2.05, 4.69) is 41.4 Å². The Morgan fingerprint density at radius 3 is 2.89 bits per heavy atom. The van der Waals surface area contributed by atoms with E-state index in [0.717, 1.165) is 17.9 Å². The quantitative estimate of drug-likeness (QED) is 0.705. The summed E-state index contributed by atoms with van der Waals surface area (Å²) < 4.78 is 1.94. The maximum absolute atomic E-state index is 6.00. The SMILES string of the molecule is Cc1cccc(Cc2nnc3ccc(Cl)cn23)c1. The standard InChI is InChI=1S/C14H12ClN3/c1-10-3-2-4-11(7-10)8-14-17-16-13-6-5-12(15)9-18(13)14/h2-7,9H,8H2,1H3. The number of benzene rings is 1. The van der Waals surface area contributed by atoms with Crippen LogP contribution in [0.1, 0.15) is 17.0 Å². The molecule has 0 saturated carbocycles. The van der Waals surface area contributed by atoms with Crippen molar-refractivity contribution < 1.29 is 0 Å². The van der Waals surface area contributed by atoms with E-state index in [1.807, 2.05) is 22.7 Å². The Balaban J connectivity index is 2.02. The second kappa shape index (κ2) is 4.42. The molecule has 0 amide bonds. The predicted molar refractivity (Wildman–Crippen MR) is 72.0 cm³/mol. The molecule has 0 bridgehead atoms. The highest BCUT2D eigenvalue weighted by molar-refractivity contribution is 6.30. The minimum absolute atomic E-state index is 0.688. The molecule has 0 atom stereocenters. The number of hydrogen-bond acceptors (Lipinski definition) is 2. The number of aromatic nitrogens is 3. The Kier molecular flexibility index (Phi) is 2.76. The topological polar surface area (TPSA) is 30.2 Å². The van der Waals surface area contributed by atoms with Gasteiger partial charge in [-0.15, -0.1) is 10.2 Å². The third-order valence-electron chi connectivity index (χ3n) is 2.88. The fourth-order valence-electron chi connectivity index (χ4n) is 2.04. The molecular formula is C14H12ClN3. The van der Waals surface area contributed by atoms with Crippen LogP contribution in [0, 0.1) is 6.92 Å². The van der Waals surface area contributed by atoms with Gasteiger partial charge in [-0.3, -0.25) is 4.40 Å². The van der Waals surface area contributed by atoms with Crippen LogP contribution in [0.2, 0.25) is 5.02 Å². The molecule has 2 aromatic heterocycles. The molecule has 90 valence electrons. The first-order valence-electron chi connectivity index (χ1n) is 5.77. The van der Waals surface area contributed by atoms with Gasteiger partial charge < -0.3 is 0 Å². The van der Waals surface area contributed by atoms with Crippen LogP contribution in [-0.4, -0.2) is 14.6 Å². The van der Waals surface area contributed by atoms with E-state index in [4.69, 9.17) is 11.6 Å². The van der Waals surface area contributed by atoms with Gasteiger partial charge in [-0.1, -0.05) is 41.4 Å². The molecule has 0 saturated heterocycles. The van der Waals surface area contributed by atoms with Crippen LogP contribution >= 0.6 is 11.6 Å². The molecule has 3 rings (SSSR count). The minimum atomic E-state index is 0.688. The molecule has 0 unspecified atom stereocenters. The molecule has 0 aliphatic rings. The van der Waals surface area contributed by atoms with Gasteiger partial charge in [0, 0.05) is 12.6 Å². The summed E-state index contributed by atoms with van der Waals surface area (Å²) in [5.74, 6) is 0.901. The average Bonchev–Trinajstić information content (AvgIpc) is 2.72. The molecule has 4 heteroatoms. The van der Waals surface area contributed by atoms with Crippen molar-refractivity contribution in [2.24, 2.45) is 0 Å². The third-order valence-corrected chi connectivity index (χ3v) is 3.11. The highest BCUT2D eigenvalue weighted by Gasteiger charge is 2.06. The largest absolute Gasteiger partial charge is 0.285 e. The number of hydrogen-bond donors (Lipinski definition) is 0. The average molecular weight is 258 g/mol. The molecule has 2 heterocycles.